The van der Waals surface area contributed by atoms with Gasteiger partial charge in [0.05, 0.1) is 7.11 Å². The van der Waals surface area contributed by atoms with Crippen LogP contribution in [-0.2, 0) is 9.53 Å². The average molecular weight is 186 g/mol. The summed E-state index contributed by atoms with van der Waals surface area (Å²) in [5.41, 5.74) is 0. The Labute approximate surface area is 77.8 Å². The first-order valence-electron chi connectivity index (χ1n) is 4.62. The molecule has 1 rings (SSSR count). The summed E-state index contributed by atoms with van der Waals surface area (Å²) in [7, 11) is 1.35. The summed E-state index contributed by atoms with van der Waals surface area (Å²) in [6, 6.07) is 0. The van der Waals surface area contributed by atoms with Gasteiger partial charge in [-0.05, 0) is 31.6 Å². The maximum atomic E-state index is 12.7. The van der Waals surface area contributed by atoms with Crippen molar-refractivity contribution in [2.24, 2.45) is 5.92 Å². The van der Waals surface area contributed by atoms with Crippen LogP contribution in [0.25, 0.3) is 0 Å². The smallest absolute Gasteiger partial charge is 0.330 e. The van der Waals surface area contributed by atoms with Crippen molar-refractivity contribution < 1.29 is 13.9 Å². The molecular formula is C10H15FO2. The minimum atomic E-state index is -0.636. The summed E-state index contributed by atoms with van der Waals surface area (Å²) < 4.78 is 17.2. The van der Waals surface area contributed by atoms with Crippen LogP contribution in [0.4, 0.5) is 4.39 Å². The Morgan fingerprint density at radius 2 is 2.00 bits per heavy atom. The molecule has 0 aromatic carbocycles. The topological polar surface area (TPSA) is 26.3 Å². The second-order valence-electron chi connectivity index (χ2n) is 3.39. The molecule has 0 radical (unpaired) electrons. The maximum Gasteiger partial charge on any atom is 0.330 e. The van der Waals surface area contributed by atoms with Crippen molar-refractivity contribution in [2.75, 3.05) is 7.11 Å². The van der Waals surface area contributed by atoms with E-state index in [1.54, 1.807) is 0 Å². The first-order chi connectivity index (χ1) is 6.22. The third-order valence-electron chi connectivity index (χ3n) is 2.41. The van der Waals surface area contributed by atoms with Gasteiger partial charge in [0.15, 0.2) is 0 Å². The standard InChI is InChI=1S/C10H15FO2/c1-13-10(12)7-4-8-2-5-9(11)6-3-8/h4,7-9H,2-3,5-6H2,1H3. The monoisotopic (exact) mass is 186 g/mol. The Morgan fingerprint density at radius 3 is 2.54 bits per heavy atom. The fourth-order valence-electron chi connectivity index (χ4n) is 1.55. The first kappa shape index (κ1) is 10.2. The number of esters is 1. The molecule has 0 saturated heterocycles. The number of ether oxygens (including phenoxy) is 1. The lowest BCUT2D eigenvalue weighted by Gasteiger charge is -2.20. The van der Waals surface area contributed by atoms with Crippen molar-refractivity contribution in [1.29, 1.82) is 0 Å². The molecule has 0 amide bonds. The number of carbonyl (C=O) groups excluding carboxylic acids is 1. The zero-order valence-corrected chi connectivity index (χ0v) is 7.83. The Morgan fingerprint density at radius 1 is 1.38 bits per heavy atom. The van der Waals surface area contributed by atoms with Crippen LogP contribution in [0, 0.1) is 5.92 Å². The highest BCUT2D eigenvalue weighted by molar-refractivity contribution is 5.81. The molecule has 0 atom stereocenters. The molecule has 0 aromatic heterocycles. The highest BCUT2D eigenvalue weighted by Crippen LogP contribution is 2.26. The molecule has 0 spiro atoms. The van der Waals surface area contributed by atoms with Gasteiger partial charge in [0.2, 0.25) is 0 Å². The van der Waals surface area contributed by atoms with E-state index < -0.39 is 6.17 Å². The number of halogens is 1. The van der Waals surface area contributed by atoms with E-state index in [0.29, 0.717) is 18.8 Å². The van der Waals surface area contributed by atoms with Crippen LogP contribution in [0.2, 0.25) is 0 Å². The van der Waals surface area contributed by atoms with Crippen molar-refractivity contribution >= 4 is 5.97 Å². The maximum absolute atomic E-state index is 12.7. The number of carbonyl (C=O) groups is 1. The van der Waals surface area contributed by atoms with Crippen molar-refractivity contribution in [2.45, 2.75) is 31.9 Å². The van der Waals surface area contributed by atoms with Crippen LogP contribution in [0.5, 0.6) is 0 Å². The molecule has 0 aliphatic heterocycles. The molecule has 0 heterocycles. The van der Waals surface area contributed by atoms with E-state index in [1.165, 1.54) is 13.2 Å². The highest BCUT2D eigenvalue weighted by Gasteiger charge is 2.18. The van der Waals surface area contributed by atoms with E-state index >= 15 is 0 Å². The second-order valence-corrected chi connectivity index (χ2v) is 3.39. The van der Waals surface area contributed by atoms with Crippen molar-refractivity contribution in [3.05, 3.63) is 12.2 Å². The van der Waals surface area contributed by atoms with Crippen molar-refractivity contribution in [1.82, 2.24) is 0 Å². The molecular weight excluding hydrogens is 171 g/mol. The van der Waals surface area contributed by atoms with Crippen LogP contribution < -0.4 is 0 Å². The van der Waals surface area contributed by atoms with E-state index in [0.717, 1.165) is 12.8 Å². The normalized spacial score (nSPS) is 29.1. The van der Waals surface area contributed by atoms with Gasteiger partial charge in [-0.3, -0.25) is 0 Å². The lowest BCUT2D eigenvalue weighted by atomic mass is 9.88. The van der Waals surface area contributed by atoms with Crippen molar-refractivity contribution in [3.63, 3.8) is 0 Å². The molecule has 1 aliphatic carbocycles. The van der Waals surface area contributed by atoms with Gasteiger partial charge >= 0.3 is 5.97 Å². The van der Waals surface area contributed by atoms with Crippen LogP contribution >= 0.6 is 0 Å². The number of alkyl halides is 1. The fraction of sp³-hybridized carbons (Fsp3) is 0.700. The fourth-order valence-corrected chi connectivity index (χ4v) is 1.55. The molecule has 0 N–H and O–H groups in total. The predicted molar refractivity (Wildman–Crippen MR) is 48.0 cm³/mol. The van der Waals surface area contributed by atoms with Gasteiger partial charge in [-0.2, -0.15) is 0 Å². The molecule has 2 nitrogen and oxygen atoms in total. The lowest BCUT2D eigenvalue weighted by Crippen LogP contribution is -2.13. The average Bonchev–Trinajstić information content (AvgIpc) is 2.16. The van der Waals surface area contributed by atoms with Gasteiger partial charge in [0.1, 0.15) is 6.17 Å². The summed E-state index contributed by atoms with van der Waals surface area (Å²) in [6.07, 6.45) is 5.55. The third kappa shape index (κ3) is 3.57. The largest absolute Gasteiger partial charge is 0.466 e. The molecule has 0 aromatic rings. The van der Waals surface area contributed by atoms with E-state index in [-0.39, 0.29) is 5.97 Å². The lowest BCUT2D eigenvalue weighted by molar-refractivity contribution is -0.134. The summed E-state index contributed by atoms with van der Waals surface area (Å²) in [5.74, 6) is 0.0217. The quantitative estimate of drug-likeness (QED) is 0.488. The van der Waals surface area contributed by atoms with E-state index in [9.17, 15) is 9.18 Å². The van der Waals surface area contributed by atoms with E-state index in [1.807, 2.05) is 6.08 Å². The zero-order valence-electron chi connectivity index (χ0n) is 7.83. The Kier molecular flexibility index (Phi) is 3.93. The van der Waals surface area contributed by atoms with Gasteiger partial charge in [0, 0.05) is 6.08 Å². The Bertz CT molecular complexity index is 193. The zero-order chi connectivity index (χ0) is 9.68. The Hall–Kier alpha value is -0.860. The highest BCUT2D eigenvalue weighted by atomic mass is 19.1. The summed E-state index contributed by atoms with van der Waals surface area (Å²) in [6.45, 7) is 0. The van der Waals surface area contributed by atoms with Gasteiger partial charge in [-0.15, -0.1) is 0 Å². The molecule has 3 heteroatoms. The number of hydrogen-bond acceptors (Lipinski definition) is 2. The van der Waals surface area contributed by atoms with E-state index in [2.05, 4.69) is 4.74 Å². The minimum absolute atomic E-state index is 0.331. The second kappa shape index (κ2) is 5.00. The van der Waals surface area contributed by atoms with Crippen LogP contribution in [0.15, 0.2) is 12.2 Å². The van der Waals surface area contributed by atoms with Gasteiger partial charge in [-0.25, -0.2) is 9.18 Å². The van der Waals surface area contributed by atoms with Crippen LogP contribution in [0.1, 0.15) is 25.7 Å². The SMILES string of the molecule is COC(=O)C=CC1CCC(F)CC1. The van der Waals surface area contributed by atoms with Crippen molar-refractivity contribution in [3.8, 4) is 0 Å². The third-order valence-corrected chi connectivity index (χ3v) is 2.41. The van der Waals surface area contributed by atoms with Crippen LogP contribution in [0.3, 0.4) is 0 Å². The number of rotatable bonds is 2. The number of allylic oxidation sites excluding steroid dienone is 1. The predicted octanol–water partition coefficient (Wildman–Crippen LogP) is 2.24. The molecule has 1 aliphatic rings. The molecule has 1 saturated carbocycles. The molecule has 13 heavy (non-hydrogen) atoms. The minimum Gasteiger partial charge on any atom is -0.466 e. The first-order valence-corrected chi connectivity index (χ1v) is 4.62. The van der Waals surface area contributed by atoms with Gasteiger partial charge in [0.25, 0.3) is 0 Å². The molecule has 0 unspecified atom stereocenters. The Balaban J connectivity index is 2.29. The summed E-state index contributed by atoms with van der Waals surface area (Å²) in [5, 5.41) is 0. The molecule has 1 fully saturated rings. The number of methoxy groups -OCH3 is 1. The van der Waals surface area contributed by atoms with Gasteiger partial charge in [-0.1, -0.05) is 6.08 Å². The molecule has 0 bridgehead atoms. The van der Waals surface area contributed by atoms with E-state index in [4.69, 9.17) is 0 Å². The van der Waals surface area contributed by atoms with Gasteiger partial charge < -0.3 is 4.74 Å². The summed E-state index contributed by atoms with van der Waals surface area (Å²) >= 11 is 0. The number of hydrogen-bond donors (Lipinski definition) is 0. The summed E-state index contributed by atoms with van der Waals surface area (Å²) in [4.78, 5) is 10.7. The molecule has 74 valence electrons. The van der Waals surface area contributed by atoms with Crippen LogP contribution in [-0.4, -0.2) is 19.3 Å².